The topological polar surface area (TPSA) is 58.6 Å². The van der Waals surface area contributed by atoms with Crippen LogP contribution in [-0.2, 0) is 21.9 Å². The summed E-state index contributed by atoms with van der Waals surface area (Å²) in [7, 11) is 1.63. The van der Waals surface area contributed by atoms with Crippen molar-refractivity contribution < 1.29 is 14.3 Å². The highest BCUT2D eigenvalue weighted by atomic mass is 35.5. The molecule has 168 valence electrons. The molecule has 0 unspecified atom stereocenters. The summed E-state index contributed by atoms with van der Waals surface area (Å²) < 4.78 is 5.17. The monoisotopic (exact) mass is 482 g/mol. The molecular formula is C23H28Cl2N2O3S. The highest BCUT2D eigenvalue weighted by Crippen LogP contribution is 2.24. The molecule has 0 heterocycles. The molecule has 0 saturated heterocycles. The molecule has 2 rings (SSSR count). The van der Waals surface area contributed by atoms with Gasteiger partial charge in [0.25, 0.3) is 0 Å². The van der Waals surface area contributed by atoms with E-state index in [9.17, 15) is 9.59 Å². The molecular weight excluding hydrogens is 455 g/mol. The maximum Gasteiger partial charge on any atom is 0.242 e. The summed E-state index contributed by atoms with van der Waals surface area (Å²) in [5.41, 5.74) is 1.85. The number of nitrogens with one attached hydrogen (secondary N) is 1. The summed E-state index contributed by atoms with van der Waals surface area (Å²) in [5.74, 6) is 1.46. The number of halogens is 2. The van der Waals surface area contributed by atoms with Crippen molar-refractivity contribution in [2.75, 3.05) is 19.4 Å². The molecule has 0 fully saturated rings. The van der Waals surface area contributed by atoms with Crippen molar-refractivity contribution in [3.8, 4) is 5.75 Å². The van der Waals surface area contributed by atoms with Gasteiger partial charge in [0, 0.05) is 28.9 Å². The van der Waals surface area contributed by atoms with E-state index in [0.29, 0.717) is 28.8 Å². The van der Waals surface area contributed by atoms with Crippen LogP contribution in [-0.4, -0.2) is 42.2 Å². The Balaban J connectivity index is 2.12. The fraction of sp³-hybridized carbons (Fsp3) is 0.391. The smallest absolute Gasteiger partial charge is 0.242 e. The van der Waals surface area contributed by atoms with E-state index < -0.39 is 6.04 Å². The normalized spacial score (nSPS) is 11.6. The first-order chi connectivity index (χ1) is 14.9. The number of ether oxygens (including phenoxy) is 1. The molecule has 1 atom stereocenters. The van der Waals surface area contributed by atoms with Crippen LogP contribution in [0.5, 0.6) is 5.75 Å². The summed E-state index contributed by atoms with van der Waals surface area (Å²) in [6.45, 7) is 4.50. The molecule has 1 N–H and O–H groups in total. The molecule has 0 radical (unpaired) electrons. The van der Waals surface area contributed by atoms with Gasteiger partial charge in [-0.3, -0.25) is 9.59 Å². The van der Waals surface area contributed by atoms with Gasteiger partial charge in [0.05, 0.1) is 12.9 Å². The van der Waals surface area contributed by atoms with Crippen LogP contribution in [0.25, 0.3) is 0 Å². The predicted octanol–water partition coefficient (Wildman–Crippen LogP) is 5.18. The third-order valence-corrected chi connectivity index (χ3v) is 6.32. The maximum atomic E-state index is 13.2. The van der Waals surface area contributed by atoms with Gasteiger partial charge in [0.2, 0.25) is 11.8 Å². The number of hydrogen-bond donors (Lipinski definition) is 1. The minimum Gasteiger partial charge on any atom is -0.497 e. The van der Waals surface area contributed by atoms with E-state index in [1.807, 2.05) is 38.1 Å². The molecule has 0 spiro atoms. The van der Waals surface area contributed by atoms with Crippen molar-refractivity contribution >= 4 is 46.8 Å². The summed E-state index contributed by atoms with van der Waals surface area (Å²) in [4.78, 5) is 27.4. The number of methoxy groups -OCH3 is 1. The third kappa shape index (κ3) is 7.63. The fourth-order valence-electron chi connectivity index (χ4n) is 3.11. The second kappa shape index (κ2) is 12.8. The van der Waals surface area contributed by atoms with Gasteiger partial charge < -0.3 is 15.0 Å². The van der Waals surface area contributed by atoms with Crippen molar-refractivity contribution in [2.24, 2.45) is 0 Å². The van der Waals surface area contributed by atoms with Crippen molar-refractivity contribution in [3.63, 3.8) is 0 Å². The van der Waals surface area contributed by atoms with Crippen LogP contribution in [0.2, 0.25) is 10.0 Å². The van der Waals surface area contributed by atoms with Gasteiger partial charge in [0.15, 0.2) is 0 Å². The van der Waals surface area contributed by atoms with Crippen LogP contribution in [0, 0.1) is 0 Å². The molecule has 0 aliphatic carbocycles. The third-order valence-electron chi connectivity index (χ3n) is 4.75. The average molecular weight is 483 g/mol. The molecule has 0 bridgehead atoms. The largest absolute Gasteiger partial charge is 0.497 e. The molecule has 2 amide bonds. The van der Waals surface area contributed by atoms with Crippen LogP contribution in [0.15, 0.2) is 42.5 Å². The molecule has 2 aromatic rings. The maximum absolute atomic E-state index is 13.2. The number of amides is 2. The van der Waals surface area contributed by atoms with Crippen LogP contribution in [0.3, 0.4) is 0 Å². The van der Waals surface area contributed by atoms with E-state index in [2.05, 4.69) is 5.32 Å². The van der Waals surface area contributed by atoms with E-state index in [1.54, 1.807) is 30.2 Å². The van der Waals surface area contributed by atoms with Crippen LogP contribution in [0.4, 0.5) is 0 Å². The van der Waals surface area contributed by atoms with Gasteiger partial charge in [-0.15, -0.1) is 11.8 Å². The van der Waals surface area contributed by atoms with Crippen molar-refractivity contribution in [2.45, 2.75) is 38.6 Å². The second-order valence-electron chi connectivity index (χ2n) is 6.92. The first-order valence-corrected chi connectivity index (χ1v) is 12.0. The summed E-state index contributed by atoms with van der Waals surface area (Å²) in [6, 6.07) is 12.4. The number of rotatable bonds is 11. The SMILES string of the molecule is CCNC(=O)[C@H](CC)N(Cc1ccc(Cl)cc1Cl)C(=O)CSCc1ccc(OC)cc1. The van der Waals surface area contributed by atoms with Crippen LogP contribution >= 0.6 is 35.0 Å². The van der Waals surface area contributed by atoms with Gasteiger partial charge in [0.1, 0.15) is 11.8 Å². The Morgan fingerprint density at radius 2 is 1.84 bits per heavy atom. The zero-order valence-electron chi connectivity index (χ0n) is 18.0. The van der Waals surface area contributed by atoms with Gasteiger partial charge >= 0.3 is 0 Å². The lowest BCUT2D eigenvalue weighted by molar-refractivity contribution is -0.139. The molecule has 31 heavy (non-hydrogen) atoms. The lowest BCUT2D eigenvalue weighted by Crippen LogP contribution is -2.49. The number of likely N-dealkylation sites (N-methyl/N-ethyl adjacent to an activating group) is 1. The van der Waals surface area contributed by atoms with Gasteiger partial charge in [-0.2, -0.15) is 0 Å². The number of thioether (sulfide) groups is 1. The minimum absolute atomic E-state index is 0.109. The Morgan fingerprint density at radius 3 is 2.42 bits per heavy atom. The van der Waals surface area contributed by atoms with E-state index >= 15 is 0 Å². The van der Waals surface area contributed by atoms with Gasteiger partial charge in [-0.25, -0.2) is 0 Å². The van der Waals surface area contributed by atoms with Gasteiger partial charge in [-0.1, -0.05) is 48.3 Å². The summed E-state index contributed by atoms with van der Waals surface area (Å²) in [5, 5.41) is 3.83. The van der Waals surface area contributed by atoms with E-state index in [-0.39, 0.29) is 24.1 Å². The molecule has 0 saturated carbocycles. The molecule has 0 aliphatic heterocycles. The highest BCUT2D eigenvalue weighted by Gasteiger charge is 2.28. The van der Waals surface area contributed by atoms with Crippen LogP contribution in [0.1, 0.15) is 31.4 Å². The van der Waals surface area contributed by atoms with Gasteiger partial charge in [-0.05, 0) is 48.7 Å². The summed E-state index contributed by atoms with van der Waals surface area (Å²) in [6.07, 6.45) is 0.506. The average Bonchev–Trinajstić information content (AvgIpc) is 2.75. The number of hydrogen-bond acceptors (Lipinski definition) is 4. The van der Waals surface area contributed by atoms with Crippen LogP contribution < -0.4 is 10.1 Å². The lowest BCUT2D eigenvalue weighted by atomic mass is 10.1. The van der Waals surface area contributed by atoms with Crippen molar-refractivity contribution in [1.82, 2.24) is 10.2 Å². The number of benzene rings is 2. The Bertz CT molecular complexity index is 878. The quantitative estimate of drug-likeness (QED) is 0.479. The zero-order valence-corrected chi connectivity index (χ0v) is 20.3. The minimum atomic E-state index is -0.569. The number of nitrogens with zero attached hydrogens (tertiary/aromatic N) is 1. The lowest BCUT2D eigenvalue weighted by Gasteiger charge is -2.30. The fourth-order valence-corrected chi connectivity index (χ4v) is 4.44. The highest BCUT2D eigenvalue weighted by molar-refractivity contribution is 7.99. The molecule has 2 aromatic carbocycles. The van der Waals surface area contributed by atoms with Crippen molar-refractivity contribution in [3.05, 3.63) is 63.6 Å². The standard InChI is InChI=1S/C23H28Cl2N2O3S/c1-4-21(23(29)26-5-2)27(13-17-8-9-18(24)12-20(17)25)22(28)15-31-14-16-6-10-19(30-3)11-7-16/h6-12,21H,4-5,13-15H2,1-3H3,(H,26,29)/t21-/m0/s1. The summed E-state index contributed by atoms with van der Waals surface area (Å²) >= 11 is 13.8. The first-order valence-electron chi connectivity index (χ1n) is 10.1. The number of carbonyl (C=O) groups is 2. The molecule has 5 nitrogen and oxygen atoms in total. The van der Waals surface area contributed by atoms with E-state index in [4.69, 9.17) is 27.9 Å². The molecule has 8 heteroatoms. The first kappa shape index (κ1) is 25.4. The predicted molar refractivity (Wildman–Crippen MR) is 129 cm³/mol. The van der Waals surface area contributed by atoms with E-state index in [0.717, 1.165) is 16.9 Å². The Hall–Kier alpha value is -1.89. The molecule has 0 aromatic heterocycles. The number of carbonyl (C=O) groups excluding carboxylic acids is 2. The van der Waals surface area contributed by atoms with Crippen molar-refractivity contribution in [1.29, 1.82) is 0 Å². The van der Waals surface area contributed by atoms with E-state index in [1.165, 1.54) is 11.8 Å². The molecule has 0 aliphatic rings. The second-order valence-corrected chi connectivity index (χ2v) is 8.75. The zero-order chi connectivity index (χ0) is 22.8. The Labute approximate surface area is 198 Å². The Morgan fingerprint density at radius 1 is 1.13 bits per heavy atom. The Kier molecular flexibility index (Phi) is 10.5.